The fourth-order valence-electron chi connectivity index (χ4n) is 2.73. The summed E-state index contributed by atoms with van der Waals surface area (Å²) in [6, 6.07) is 10.2. The third-order valence-corrected chi connectivity index (χ3v) is 3.85. The van der Waals surface area contributed by atoms with Crippen LogP contribution in [0.5, 0.6) is 0 Å². The summed E-state index contributed by atoms with van der Waals surface area (Å²) in [4.78, 5) is 12.1. The summed E-state index contributed by atoms with van der Waals surface area (Å²) in [6.07, 6.45) is 9.67. The molecule has 2 N–H and O–H groups in total. The van der Waals surface area contributed by atoms with Gasteiger partial charge < -0.3 is 14.7 Å². The van der Waals surface area contributed by atoms with Crippen LogP contribution < -0.4 is 5.32 Å². The lowest BCUT2D eigenvalue weighted by Crippen LogP contribution is -2.07. The van der Waals surface area contributed by atoms with E-state index < -0.39 is 0 Å². The molecule has 0 saturated carbocycles. The van der Waals surface area contributed by atoms with Gasteiger partial charge in [0.2, 0.25) is 0 Å². The molecule has 3 aromatic heterocycles. The molecule has 0 aliphatic heterocycles. The van der Waals surface area contributed by atoms with Crippen LogP contribution in [0.4, 0.5) is 5.82 Å². The van der Waals surface area contributed by atoms with E-state index in [1.54, 1.807) is 24.9 Å². The van der Waals surface area contributed by atoms with Gasteiger partial charge >= 0.3 is 0 Å². The van der Waals surface area contributed by atoms with E-state index in [2.05, 4.69) is 44.7 Å². The summed E-state index contributed by atoms with van der Waals surface area (Å²) in [5.41, 5.74) is 4.19. The Morgan fingerprint density at radius 3 is 2.91 bits per heavy atom. The number of hydrogen-bond acceptors (Lipinski definition) is 4. The largest absolute Gasteiger partial charge is 0.472 e. The minimum atomic E-state index is 0.772. The van der Waals surface area contributed by atoms with Gasteiger partial charge in [-0.25, -0.2) is 4.98 Å². The molecule has 23 heavy (non-hydrogen) atoms. The molecule has 0 unspecified atom stereocenters. The van der Waals surface area contributed by atoms with E-state index in [-0.39, 0.29) is 0 Å². The highest BCUT2D eigenvalue weighted by Gasteiger charge is 2.09. The second-order valence-electron chi connectivity index (χ2n) is 5.30. The molecule has 0 aliphatic carbocycles. The van der Waals surface area contributed by atoms with Crippen molar-refractivity contribution in [3.63, 3.8) is 0 Å². The van der Waals surface area contributed by atoms with E-state index in [1.807, 2.05) is 12.1 Å². The quantitative estimate of drug-likeness (QED) is 0.587. The molecular formula is C18H16N4O. The normalized spacial score (nSPS) is 11.0. The molecule has 114 valence electrons. The van der Waals surface area contributed by atoms with Crippen molar-refractivity contribution in [2.24, 2.45) is 0 Å². The third-order valence-electron chi connectivity index (χ3n) is 3.85. The summed E-state index contributed by atoms with van der Waals surface area (Å²) in [5.74, 6) is 0.772. The molecule has 0 fully saturated rings. The van der Waals surface area contributed by atoms with Crippen molar-refractivity contribution in [1.29, 1.82) is 0 Å². The summed E-state index contributed by atoms with van der Waals surface area (Å²) in [5, 5.41) is 4.64. The summed E-state index contributed by atoms with van der Waals surface area (Å²) < 4.78 is 5.14. The number of rotatable bonds is 5. The zero-order valence-electron chi connectivity index (χ0n) is 12.5. The van der Waals surface area contributed by atoms with Crippen LogP contribution in [0.15, 0.2) is 65.9 Å². The Hall–Kier alpha value is -3.08. The third kappa shape index (κ3) is 2.68. The van der Waals surface area contributed by atoms with E-state index in [0.717, 1.165) is 30.0 Å². The van der Waals surface area contributed by atoms with Gasteiger partial charge in [-0.3, -0.25) is 4.98 Å². The number of aromatic amines is 1. The number of H-pyrrole nitrogens is 1. The van der Waals surface area contributed by atoms with Gasteiger partial charge in [0.1, 0.15) is 5.69 Å². The Bertz CT molecular complexity index is 912. The van der Waals surface area contributed by atoms with Crippen LogP contribution in [0.1, 0.15) is 5.56 Å². The first-order valence-corrected chi connectivity index (χ1v) is 7.54. The van der Waals surface area contributed by atoms with E-state index in [4.69, 9.17) is 4.42 Å². The molecule has 0 saturated heterocycles. The number of benzene rings is 1. The molecule has 0 aliphatic rings. The summed E-state index contributed by atoms with van der Waals surface area (Å²) in [7, 11) is 0. The molecule has 0 radical (unpaired) electrons. The Balaban J connectivity index is 1.50. The fourth-order valence-corrected chi connectivity index (χ4v) is 2.73. The number of fused-ring (bicyclic) bond motifs is 1. The van der Waals surface area contributed by atoms with Crippen molar-refractivity contribution in [2.75, 3.05) is 11.9 Å². The number of hydrogen-bond donors (Lipinski definition) is 2. The number of anilines is 1. The first kappa shape index (κ1) is 13.6. The van der Waals surface area contributed by atoms with Crippen molar-refractivity contribution in [3.05, 3.63) is 67.0 Å². The Kier molecular flexibility index (Phi) is 3.52. The van der Waals surface area contributed by atoms with Gasteiger partial charge in [0, 0.05) is 41.6 Å². The zero-order chi connectivity index (χ0) is 15.5. The molecule has 0 spiro atoms. The highest BCUT2D eigenvalue weighted by Crippen LogP contribution is 2.24. The molecule has 0 bridgehead atoms. The topological polar surface area (TPSA) is 66.7 Å². The van der Waals surface area contributed by atoms with Gasteiger partial charge in [0.15, 0.2) is 5.82 Å². The maximum absolute atomic E-state index is 5.14. The minimum absolute atomic E-state index is 0.772. The van der Waals surface area contributed by atoms with Gasteiger partial charge in [-0.1, -0.05) is 18.2 Å². The highest BCUT2D eigenvalue weighted by atomic mass is 16.3. The van der Waals surface area contributed by atoms with Gasteiger partial charge in [0.25, 0.3) is 0 Å². The highest BCUT2D eigenvalue weighted by molar-refractivity contribution is 5.83. The smallest absolute Gasteiger partial charge is 0.152 e. The van der Waals surface area contributed by atoms with E-state index >= 15 is 0 Å². The Morgan fingerprint density at radius 2 is 2.00 bits per heavy atom. The predicted molar refractivity (Wildman–Crippen MR) is 90.2 cm³/mol. The maximum Gasteiger partial charge on any atom is 0.152 e. The number of nitrogens with zero attached hydrogens (tertiary/aromatic N) is 2. The lowest BCUT2D eigenvalue weighted by atomic mass is 10.1. The van der Waals surface area contributed by atoms with Crippen LogP contribution in [0, 0.1) is 0 Å². The van der Waals surface area contributed by atoms with Gasteiger partial charge in [-0.05, 0) is 24.1 Å². The first-order valence-electron chi connectivity index (χ1n) is 7.54. The van der Waals surface area contributed by atoms with Crippen molar-refractivity contribution in [2.45, 2.75) is 6.42 Å². The molecule has 4 rings (SSSR count). The molecule has 5 heteroatoms. The van der Waals surface area contributed by atoms with E-state index in [9.17, 15) is 0 Å². The van der Waals surface area contributed by atoms with Crippen LogP contribution in [0.2, 0.25) is 0 Å². The van der Waals surface area contributed by atoms with E-state index in [0.29, 0.717) is 0 Å². The predicted octanol–water partition coefficient (Wildman–Crippen LogP) is 3.87. The molecule has 0 atom stereocenters. The average molecular weight is 304 g/mol. The monoisotopic (exact) mass is 304 g/mol. The van der Waals surface area contributed by atoms with Crippen molar-refractivity contribution in [1.82, 2.24) is 15.0 Å². The number of furan rings is 1. The lowest BCUT2D eigenvalue weighted by Gasteiger charge is -2.08. The second kappa shape index (κ2) is 5.96. The van der Waals surface area contributed by atoms with Gasteiger partial charge in [-0.15, -0.1) is 0 Å². The molecule has 5 nitrogen and oxygen atoms in total. The van der Waals surface area contributed by atoms with Crippen molar-refractivity contribution < 1.29 is 4.42 Å². The van der Waals surface area contributed by atoms with Crippen LogP contribution >= 0.6 is 0 Å². The number of nitrogens with one attached hydrogen (secondary N) is 2. The van der Waals surface area contributed by atoms with Crippen molar-refractivity contribution >= 4 is 16.7 Å². The van der Waals surface area contributed by atoms with Crippen molar-refractivity contribution in [3.8, 4) is 11.3 Å². The fraction of sp³-hybridized carbons (Fsp3) is 0.111. The Morgan fingerprint density at radius 1 is 1.09 bits per heavy atom. The van der Waals surface area contributed by atoms with Crippen LogP contribution in [-0.2, 0) is 6.42 Å². The molecule has 0 amide bonds. The van der Waals surface area contributed by atoms with E-state index in [1.165, 1.54) is 16.5 Å². The lowest BCUT2D eigenvalue weighted by molar-refractivity contribution is 0.568. The number of para-hydroxylation sites is 1. The minimum Gasteiger partial charge on any atom is -0.472 e. The standard InChI is InChI=1S/C18H16N4O/c1-2-4-16-15(3-1)13(11-22-16)5-7-20-18-17(19-8-9-21-18)14-6-10-23-12-14/h1-4,6,8-12,22H,5,7H2,(H,20,21). The first-order chi connectivity index (χ1) is 11.4. The SMILES string of the molecule is c1ccc2c(CCNc3nccnc3-c3ccoc3)c[nH]c2c1. The maximum atomic E-state index is 5.14. The molecule has 3 heterocycles. The van der Waals surface area contributed by atoms with Gasteiger partial charge in [-0.2, -0.15) is 0 Å². The van der Waals surface area contributed by atoms with Crippen LogP contribution in [-0.4, -0.2) is 21.5 Å². The molecule has 4 aromatic rings. The molecular weight excluding hydrogens is 288 g/mol. The zero-order valence-corrected chi connectivity index (χ0v) is 12.5. The van der Waals surface area contributed by atoms with Gasteiger partial charge in [0.05, 0.1) is 12.5 Å². The number of aromatic nitrogens is 3. The Labute approximate surface area is 133 Å². The average Bonchev–Trinajstić information content (AvgIpc) is 3.26. The second-order valence-corrected chi connectivity index (χ2v) is 5.30. The molecule has 1 aromatic carbocycles. The van der Waals surface area contributed by atoms with Crippen LogP contribution in [0.3, 0.4) is 0 Å². The summed E-state index contributed by atoms with van der Waals surface area (Å²) in [6.45, 7) is 0.783. The summed E-state index contributed by atoms with van der Waals surface area (Å²) >= 11 is 0. The van der Waals surface area contributed by atoms with Crippen LogP contribution in [0.25, 0.3) is 22.2 Å².